The number of anilines is 1. The molecular weight excluding hydrogens is 211 g/mol. The van der Waals surface area contributed by atoms with Crippen molar-refractivity contribution >= 4 is 11.6 Å². The first-order valence-corrected chi connectivity index (χ1v) is 5.10. The van der Waals surface area contributed by atoms with E-state index in [-0.39, 0.29) is 17.2 Å². The van der Waals surface area contributed by atoms with Gasteiger partial charge in [-0.25, -0.2) is 4.39 Å². The Morgan fingerprint density at radius 3 is 2.88 bits per heavy atom. The van der Waals surface area contributed by atoms with E-state index in [4.69, 9.17) is 5.73 Å². The van der Waals surface area contributed by atoms with Crippen molar-refractivity contribution in [3.8, 4) is 0 Å². The number of benzene rings is 1. The van der Waals surface area contributed by atoms with Crippen molar-refractivity contribution in [1.29, 1.82) is 0 Å². The van der Waals surface area contributed by atoms with Crippen LogP contribution in [0.4, 0.5) is 10.1 Å². The summed E-state index contributed by atoms with van der Waals surface area (Å²) in [7, 11) is 0. The fourth-order valence-electron chi connectivity index (χ4n) is 1.77. The van der Waals surface area contributed by atoms with Crippen LogP contribution < -0.4 is 5.73 Å². The summed E-state index contributed by atoms with van der Waals surface area (Å²) in [6.45, 7) is 0.816. The topological polar surface area (TPSA) is 66.6 Å². The predicted molar refractivity (Wildman–Crippen MR) is 57.3 cm³/mol. The number of halogens is 1. The van der Waals surface area contributed by atoms with Gasteiger partial charge < -0.3 is 15.7 Å². The van der Waals surface area contributed by atoms with Crippen molar-refractivity contribution in [1.82, 2.24) is 4.90 Å². The highest BCUT2D eigenvalue weighted by Gasteiger charge is 2.25. The SMILES string of the molecule is Nc1ccc(C(=O)N2CC[C@@H](O)C2)cc1F. The highest BCUT2D eigenvalue weighted by Crippen LogP contribution is 2.17. The van der Waals surface area contributed by atoms with Crippen LogP contribution in [0.5, 0.6) is 0 Å². The molecule has 1 aliphatic rings. The minimum absolute atomic E-state index is 0.0259. The van der Waals surface area contributed by atoms with E-state index in [2.05, 4.69) is 0 Å². The van der Waals surface area contributed by atoms with E-state index in [9.17, 15) is 14.3 Å². The van der Waals surface area contributed by atoms with Gasteiger partial charge in [-0.2, -0.15) is 0 Å². The number of nitrogens with two attached hydrogens (primary N) is 1. The molecule has 0 saturated carbocycles. The Kier molecular flexibility index (Phi) is 2.78. The zero-order chi connectivity index (χ0) is 11.7. The molecule has 1 aromatic rings. The van der Waals surface area contributed by atoms with Gasteiger partial charge in [0.15, 0.2) is 0 Å². The molecule has 16 heavy (non-hydrogen) atoms. The number of hydrogen-bond donors (Lipinski definition) is 2. The summed E-state index contributed by atoms with van der Waals surface area (Å²) >= 11 is 0. The number of carbonyl (C=O) groups excluding carboxylic acids is 1. The number of nitrogens with zero attached hydrogens (tertiary/aromatic N) is 1. The van der Waals surface area contributed by atoms with Gasteiger partial charge in [-0.05, 0) is 24.6 Å². The summed E-state index contributed by atoms with van der Waals surface area (Å²) in [5, 5.41) is 9.31. The third-order valence-corrected chi connectivity index (χ3v) is 2.70. The fourth-order valence-corrected chi connectivity index (χ4v) is 1.77. The normalized spacial score (nSPS) is 20.1. The second kappa shape index (κ2) is 4.09. The molecule has 1 aliphatic heterocycles. The average Bonchev–Trinajstić information content (AvgIpc) is 2.68. The quantitative estimate of drug-likeness (QED) is 0.687. The van der Waals surface area contributed by atoms with Gasteiger partial charge in [0.2, 0.25) is 0 Å². The van der Waals surface area contributed by atoms with E-state index in [0.29, 0.717) is 19.5 Å². The third kappa shape index (κ3) is 1.99. The molecule has 0 bridgehead atoms. The van der Waals surface area contributed by atoms with Crippen molar-refractivity contribution in [2.24, 2.45) is 0 Å². The molecule has 0 unspecified atom stereocenters. The lowest BCUT2D eigenvalue weighted by atomic mass is 10.2. The molecule has 86 valence electrons. The summed E-state index contributed by atoms with van der Waals surface area (Å²) in [4.78, 5) is 13.4. The number of aliphatic hydroxyl groups excluding tert-OH is 1. The Hall–Kier alpha value is -1.62. The van der Waals surface area contributed by atoms with Crippen molar-refractivity contribution in [3.63, 3.8) is 0 Å². The minimum atomic E-state index is -0.592. The molecule has 0 aromatic heterocycles. The van der Waals surface area contributed by atoms with Gasteiger partial charge in [-0.3, -0.25) is 4.79 Å². The van der Waals surface area contributed by atoms with Crippen LogP contribution in [-0.2, 0) is 0 Å². The number of carbonyl (C=O) groups is 1. The van der Waals surface area contributed by atoms with Crippen molar-refractivity contribution in [3.05, 3.63) is 29.6 Å². The first-order valence-electron chi connectivity index (χ1n) is 5.10. The standard InChI is InChI=1S/C11H13FN2O2/c12-9-5-7(1-2-10(9)13)11(16)14-4-3-8(15)6-14/h1-2,5,8,15H,3-4,6,13H2/t8-/m1/s1. The van der Waals surface area contributed by atoms with Crippen LogP contribution in [0.1, 0.15) is 16.8 Å². The van der Waals surface area contributed by atoms with Crippen LogP contribution >= 0.6 is 0 Å². The van der Waals surface area contributed by atoms with Gasteiger partial charge in [0, 0.05) is 18.7 Å². The molecule has 1 saturated heterocycles. The van der Waals surface area contributed by atoms with Crippen LogP contribution in [0.2, 0.25) is 0 Å². The lowest BCUT2D eigenvalue weighted by Crippen LogP contribution is -2.29. The molecule has 0 radical (unpaired) electrons. The van der Waals surface area contributed by atoms with Crippen LogP contribution in [0.25, 0.3) is 0 Å². The molecular formula is C11H13FN2O2. The Bertz CT molecular complexity index is 422. The number of hydrogen-bond acceptors (Lipinski definition) is 3. The van der Waals surface area contributed by atoms with Gasteiger partial charge in [0.05, 0.1) is 11.8 Å². The number of β-amino-alcohol motifs (C(OH)–C–C–N with tert-alkyl or cyclic N) is 1. The van der Waals surface area contributed by atoms with Crippen LogP contribution in [0.3, 0.4) is 0 Å². The van der Waals surface area contributed by atoms with E-state index >= 15 is 0 Å². The monoisotopic (exact) mass is 224 g/mol. The molecule has 1 atom stereocenters. The molecule has 1 amide bonds. The zero-order valence-electron chi connectivity index (χ0n) is 8.69. The molecule has 5 heteroatoms. The first kappa shape index (κ1) is 10.9. The molecule has 4 nitrogen and oxygen atoms in total. The lowest BCUT2D eigenvalue weighted by Gasteiger charge is -2.15. The van der Waals surface area contributed by atoms with Crippen LogP contribution in [0, 0.1) is 5.82 Å². The summed E-state index contributed by atoms with van der Waals surface area (Å²) in [6, 6.07) is 3.99. The van der Waals surface area contributed by atoms with E-state index in [1.807, 2.05) is 0 Å². The molecule has 3 N–H and O–H groups in total. The van der Waals surface area contributed by atoms with Gasteiger partial charge in [0.1, 0.15) is 5.82 Å². The second-order valence-corrected chi connectivity index (χ2v) is 3.93. The Morgan fingerprint density at radius 1 is 1.56 bits per heavy atom. The number of rotatable bonds is 1. The molecule has 1 heterocycles. The zero-order valence-corrected chi connectivity index (χ0v) is 8.69. The highest BCUT2D eigenvalue weighted by atomic mass is 19.1. The molecule has 2 rings (SSSR count). The largest absolute Gasteiger partial charge is 0.396 e. The average molecular weight is 224 g/mol. The summed E-state index contributed by atoms with van der Waals surface area (Å²) < 4.78 is 13.2. The number of amides is 1. The Labute approximate surface area is 92.5 Å². The molecule has 0 aliphatic carbocycles. The van der Waals surface area contributed by atoms with Crippen molar-refractivity contribution in [2.45, 2.75) is 12.5 Å². The van der Waals surface area contributed by atoms with Crippen molar-refractivity contribution < 1.29 is 14.3 Å². The predicted octanol–water partition coefficient (Wildman–Crippen LogP) is 0.615. The second-order valence-electron chi connectivity index (χ2n) is 3.93. The van der Waals surface area contributed by atoms with E-state index < -0.39 is 11.9 Å². The highest BCUT2D eigenvalue weighted by molar-refractivity contribution is 5.94. The fraction of sp³-hybridized carbons (Fsp3) is 0.364. The van der Waals surface area contributed by atoms with E-state index in [1.165, 1.54) is 17.0 Å². The summed E-state index contributed by atoms with van der Waals surface area (Å²) in [5.74, 6) is -0.860. The van der Waals surface area contributed by atoms with Crippen LogP contribution in [0.15, 0.2) is 18.2 Å². The van der Waals surface area contributed by atoms with E-state index in [0.717, 1.165) is 6.07 Å². The molecule has 1 aromatic carbocycles. The smallest absolute Gasteiger partial charge is 0.254 e. The van der Waals surface area contributed by atoms with Crippen LogP contribution in [-0.4, -0.2) is 35.1 Å². The molecule has 1 fully saturated rings. The molecule has 0 spiro atoms. The van der Waals surface area contributed by atoms with Gasteiger partial charge >= 0.3 is 0 Å². The summed E-state index contributed by atoms with van der Waals surface area (Å²) in [5.41, 5.74) is 5.62. The Balaban J connectivity index is 2.18. The summed E-state index contributed by atoms with van der Waals surface area (Å²) in [6.07, 6.45) is 0.103. The van der Waals surface area contributed by atoms with E-state index in [1.54, 1.807) is 0 Å². The van der Waals surface area contributed by atoms with Gasteiger partial charge in [-0.15, -0.1) is 0 Å². The third-order valence-electron chi connectivity index (χ3n) is 2.70. The van der Waals surface area contributed by atoms with Gasteiger partial charge in [-0.1, -0.05) is 0 Å². The maximum Gasteiger partial charge on any atom is 0.254 e. The number of likely N-dealkylation sites (tertiary alicyclic amines) is 1. The van der Waals surface area contributed by atoms with Gasteiger partial charge in [0.25, 0.3) is 5.91 Å². The maximum atomic E-state index is 13.2. The maximum absolute atomic E-state index is 13.2. The lowest BCUT2D eigenvalue weighted by molar-refractivity contribution is 0.0764. The number of aliphatic hydroxyl groups is 1. The van der Waals surface area contributed by atoms with Crippen molar-refractivity contribution in [2.75, 3.05) is 18.8 Å². The minimum Gasteiger partial charge on any atom is -0.396 e. The Morgan fingerprint density at radius 2 is 2.31 bits per heavy atom. The first-order chi connectivity index (χ1) is 7.58. The number of nitrogen functional groups attached to an aromatic ring is 1.